The number of ether oxygens (including phenoxy) is 1. The number of likely N-dealkylation sites (tertiary alicyclic amines) is 1. The fourth-order valence-corrected chi connectivity index (χ4v) is 3.13. The molecule has 3 atom stereocenters. The van der Waals surface area contributed by atoms with Gasteiger partial charge in [0, 0.05) is 0 Å². The minimum atomic E-state index is -0.383. The van der Waals surface area contributed by atoms with Gasteiger partial charge < -0.3 is 14.7 Å². The van der Waals surface area contributed by atoms with Gasteiger partial charge in [-0.15, -0.1) is 0 Å². The van der Waals surface area contributed by atoms with E-state index in [-0.39, 0.29) is 6.10 Å². The van der Waals surface area contributed by atoms with E-state index in [1.165, 1.54) is 41.8 Å². The van der Waals surface area contributed by atoms with Crippen molar-refractivity contribution in [3.8, 4) is 5.75 Å². The van der Waals surface area contributed by atoms with Gasteiger partial charge in [0.05, 0.1) is 12.6 Å². The fourth-order valence-electron chi connectivity index (χ4n) is 3.13. The summed E-state index contributed by atoms with van der Waals surface area (Å²) in [5.74, 6) is 0.864. The minimum absolute atomic E-state index is 0.383. The molecule has 3 heteroatoms. The van der Waals surface area contributed by atoms with Crippen LogP contribution in [0.15, 0.2) is 18.2 Å². The number of hydrogen-bond acceptors (Lipinski definition) is 2. The van der Waals surface area contributed by atoms with Crippen molar-refractivity contribution in [2.24, 2.45) is 0 Å². The van der Waals surface area contributed by atoms with Crippen molar-refractivity contribution >= 4 is 0 Å². The summed E-state index contributed by atoms with van der Waals surface area (Å²) in [5, 5.41) is 10.2. The number of aliphatic hydroxyl groups excluding tert-OH is 1. The van der Waals surface area contributed by atoms with Crippen LogP contribution in [-0.2, 0) is 0 Å². The maximum atomic E-state index is 10.2. The summed E-state index contributed by atoms with van der Waals surface area (Å²) in [5.41, 5.74) is 2.40. The van der Waals surface area contributed by atoms with Crippen LogP contribution in [0.3, 0.4) is 0 Å². The molecule has 0 amide bonds. The number of rotatable bonds is 5. The molecule has 2 rings (SSSR count). The summed E-state index contributed by atoms with van der Waals surface area (Å²) in [6.45, 7) is 8.78. The van der Waals surface area contributed by atoms with E-state index in [1.54, 1.807) is 0 Å². The Morgan fingerprint density at radius 2 is 1.95 bits per heavy atom. The zero-order valence-corrected chi connectivity index (χ0v) is 13.0. The number of aryl methyl sites for hydroxylation is 2. The number of piperidine rings is 1. The second-order valence-electron chi connectivity index (χ2n) is 6.30. The first kappa shape index (κ1) is 15.3. The van der Waals surface area contributed by atoms with Gasteiger partial charge in [-0.1, -0.05) is 6.07 Å². The van der Waals surface area contributed by atoms with Crippen molar-refractivity contribution < 1.29 is 14.7 Å². The lowest BCUT2D eigenvalue weighted by atomic mass is 10.0. The fraction of sp³-hybridized carbons (Fsp3) is 0.647. The second-order valence-corrected chi connectivity index (χ2v) is 6.30. The standard InChI is InChI=1S/C17H27NO2/c1-13-8-14(2)10-17(9-13)20-12-16(19)11-18-7-5-4-6-15(18)3/h8-10,15-16,19H,4-7,11-12H2,1-3H3/p+1/t15-,16-/m0/s1. The van der Waals surface area contributed by atoms with Gasteiger partial charge in [0.2, 0.25) is 0 Å². The number of aliphatic hydroxyl groups is 1. The SMILES string of the molecule is Cc1cc(C)cc(OC[C@@H](O)C[NH+]2CCCC[C@@H]2C)c1. The molecule has 1 aromatic carbocycles. The molecule has 1 aliphatic heterocycles. The Bertz CT molecular complexity index is 413. The summed E-state index contributed by atoms with van der Waals surface area (Å²) in [6.07, 6.45) is 3.51. The monoisotopic (exact) mass is 278 g/mol. The molecular weight excluding hydrogens is 250 g/mol. The highest BCUT2D eigenvalue weighted by molar-refractivity contribution is 5.32. The Morgan fingerprint density at radius 3 is 2.60 bits per heavy atom. The molecule has 1 heterocycles. The highest BCUT2D eigenvalue weighted by Crippen LogP contribution is 2.16. The molecule has 0 aliphatic carbocycles. The number of quaternary nitrogens is 1. The molecule has 1 unspecified atom stereocenters. The van der Waals surface area contributed by atoms with Crippen molar-refractivity contribution in [3.05, 3.63) is 29.3 Å². The molecule has 0 bridgehead atoms. The van der Waals surface area contributed by atoms with E-state index in [2.05, 4.69) is 26.8 Å². The van der Waals surface area contributed by atoms with Crippen LogP contribution in [0.25, 0.3) is 0 Å². The van der Waals surface area contributed by atoms with Crippen LogP contribution in [0, 0.1) is 13.8 Å². The third-order valence-electron chi connectivity index (χ3n) is 4.22. The predicted octanol–water partition coefficient (Wildman–Crippen LogP) is 1.50. The van der Waals surface area contributed by atoms with Crippen LogP contribution in [0.5, 0.6) is 5.75 Å². The van der Waals surface area contributed by atoms with Gasteiger partial charge in [-0.3, -0.25) is 0 Å². The average Bonchev–Trinajstić information content (AvgIpc) is 2.38. The first-order chi connectivity index (χ1) is 9.54. The van der Waals surface area contributed by atoms with Crippen LogP contribution < -0.4 is 9.64 Å². The highest BCUT2D eigenvalue weighted by Gasteiger charge is 2.24. The number of nitrogens with one attached hydrogen (secondary N) is 1. The Morgan fingerprint density at radius 1 is 1.25 bits per heavy atom. The molecule has 1 fully saturated rings. The van der Waals surface area contributed by atoms with Crippen LogP contribution in [0.4, 0.5) is 0 Å². The van der Waals surface area contributed by atoms with Crippen LogP contribution in [0.2, 0.25) is 0 Å². The van der Waals surface area contributed by atoms with Crippen LogP contribution in [0.1, 0.15) is 37.3 Å². The largest absolute Gasteiger partial charge is 0.491 e. The topological polar surface area (TPSA) is 33.9 Å². The lowest BCUT2D eigenvalue weighted by molar-refractivity contribution is -0.931. The molecule has 0 radical (unpaired) electrons. The van der Waals surface area contributed by atoms with Gasteiger partial charge in [-0.25, -0.2) is 0 Å². The molecule has 1 aromatic rings. The van der Waals surface area contributed by atoms with E-state index in [4.69, 9.17) is 4.74 Å². The molecule has 2 N–H and O–H groups in total. The maximum absolute atomic E-state index is 10.2. The number of hydrogen-bond donors (Lipinski definition) is 2. The van der Waals surface area contributed by atoms with Crippen molar-refractivity contribution in [2.45, 2.75) is 52.2 Å². The van der Waals surface area contributed by atoms with Gasteiger partial charge in [-0.2, -0.15) is 0 Å². The van der Waals surface area contributed by atoms with Gasteiger partial charge >= 0.3 is 0 Å². The van der Waals surface area contributed by atoms with Crippen LogP contribution in [-0.4, -0.2) is 36.9 Å². The Kier molecular flexibility index (Phi) is 5.44. The van der Waals surface area contributed by atoms with Crippen molar-refractivity contribution in [2.75, 3.05) is 19.7 Å². The molecular formula is C17H28NO2+. The van der Waals surface area contributed by atoms with E-state index in [1.807, 2.05) is 12.1 Å². The molecule has 1 aliphatic rings. The van der Waals surface area contributed by atoms with Gasteiger partial charge in [0.1, 0.15) is 25.0 Å². The summed E-state index contributed by atoms with van der Waals surface area (Å²) in [4.78, 5) is 1.52. The molecule has 112 valence electrons. The van der Waals surface area contributed by atoms with E-state index < -0.39 is 0 Å². The maximum Gasteiger partial charge on any atom is 0.137 e. The van der Waals surface area contributed by atoms with E-state index in [0.29, 0.717) is 12.6 Å². The highest BCUT2D eigenvalue weighted by atomic mass is 16.5. The third-order valence-corrected chi connectivity index (χ3v) is 4.22. The molecule has 0 aromatic heterocycles. The Balaban J connectivity index is 1.80. The van der Waals surface area contributed by atoms with Gasteiger partial charge in [-0.05, 0) is 63.3 Å². The van der Waals surface area contributed by atoms with E-state index in [9.17, 15) is 5.11 Å². The molecule has 1 saturated heterocycles. The molecule has 20 heavy (non-hydrogen) atoms. The lowest BCUT2D eigenvalue weighted by Crippen LogP contribution is -3.17. The summed E-state index contributed by atoms with van der Waals surface area (Å²) < 4.78 is 5.74. The Hall–Kier alpha value is -1.06. The van der Waals surface area contributed by atoms with Gasteiger partial charge in [0.25, 0.3) is 0 Å². The normalized spacial score (nSPS) is 24.4. The average molecular weight is 278 g/mol. The smallest absolute Gasteiger partial charge is 0.137 e. The zero-order valence-electron chi connectivity index (χ0n) is 13.0. The summed E-state index contributed by atoms with van der Waals surface area (Å²) >= 11 is 0. The quantitative estimate of drug-likeness (QED) is 0.856. The molecule has 0 spiro atoms. The third kappa shape index (κ3) is 4.50. The first-order valence-corrected chi connectivity index (χ1v) is 7.78. The summed E-state index contributed by atoms with van der Waals surface area (Å²) in [7, 11) is 0. The van der Waals surface area contributed by atoms with E-state index >= 15 is 0 Å². The van der Waals surface area contributed by atoms with Crippen LogP contribution >= 0.6 is 0 Å². The Labute approximate surface area is 122 Å². The van der Waals surface area contributed by atoms with Crippen molar-refractivity contribution in [1.29, 1.82) is 0 Å². The second kappa shape index (κ2) is 7.09. The summed E-state index contributed by atoms with van der Waals surface area (Å²) in [6, 6.07) is 6.84. The van der Waals surface area contributed by atoms with E-state index in [0.717, 1.165) is 12.3 Å². The minimum Gasteiger partial charge on any atom is -0.491 e. The lowest BCUT2D eigenvalue weighted by Gasteiger charge is -2.31. The number of benzene rings is 1. The van der Waals surface area contributed by atoms with Crippen molar-refractivity contribution in [3.63, 3.8) is 0 Å². The molecule has 3 nitrogen and oxygen atoms in total. The van der Waals surface area contributed by atoms with Gasteiger partial charge in [0.15, 0.2) is 0 Å². The predicted molar refractivity (Wildman–Crippen MR) is 81.4 cm³/mol. The first-order valence-electron chi connectivity index (χ1n) is 7.78. The van der Waals surface area contributed by atoms with Crippen molar-refractivity contribution in [1.82, 2.24) is 0 Å². The molecule has 0 saturated carbocycles. The zero-order chi connectivity index (χ0) is 14.5.